The number of rotatable bonds is 5. The highest BCUT2D eigenvalue weighted by atomic mass is 32.2. The molecule has 8 nitrogen and oxygen atoms in total. The zero-order chi connectivity index (χ0) is 24.7. The van der Waals surface area contributed by atoms with Crippen molar-refractivity contribution in [2.45, 2.75) is 31.1 Å². The third-order valence-corrected chi connectivity index (χ3v) is 8.93. The number of piperidine rings is 1. The van der Waals surface area contributed by atoms with E-state index in [1.807, 2.05) is 30.3 Å². The number of aryl methyl sites for hydroxylation is 1. The summed E-state index contributed by atoms with van der Waals surface area (Å²) in [5.41, 5.74) is 5.80. The average molecular weight is 492 g/mol. The lowest BCUT2D eigenvalue weighted by Crippen LogP contribution is -2.41. The van der Waals surface area contributed by atoms with Gasteiger partial charge in [-0.3, -0.25) is 14.9 Å². The number of nitro benzene ring substituents is 1. The van der Waals surface area contributed by atoms with Gasteiger partial charge in [-0.05, 0) is 66.1 Å². The van der Waals surface area contributed by atoms with E-state index in [2.05, 4.69) is 17.4 Å². The number of hydrogen-bond donors (Lipinski definition) is 1. The first-order valence-corrected chi connectivity index (χ1v) is 13.0. The summed E-state index contributed by atoms with van der Waals surface area (Å²) < 4.78 is 27.6. The zero-order valence-electron chi connectivity index (χ0n) is 19.2. The molecule has 180 valence electrons. The molecule has 9 heteroatoms. The standard InChI is InChI=1S/C26H25N3O5S/c1-17-6-8-22(29(31)32)16-25(17)35(33,34)28-12-10-18(11-13-28)26(30)27-21-7-9-24-20(15-21)14-19-4-2-3-5-23(19)24/h2-9,15-16,18H,10-14H2,1H3,(H,27,30). The molecule has 1 saturated heterocycles. The van der Waals surface area contributed by atoms with E-state index in [-0.39, 0.29) is 35.5 Å². The van der Waals surface area contributed by atoms with Gasteiger partial charge in [0, 0.05) is 36.8 Å². The Morgan fingerprint density at radius 3 is 2.46 bits per heavy atom. The Kier molecular flexibility index (Phi) is 5.90. The minimum absolute atomic E-state index is 0.0614. The fourth-order valence-electron chi connectivity index (χ4n) is 4.94. The normalized spacial score (nSPS) is 15.9. The summed E-state index contributed by atoms with van der Waals surface area (Å²) in [6.07, 6.45) is 1.60. The molecule has 3 aromatic rings. The monoisotopic (exact) mass is 491 g/mol. The van der Waals surface area contributed by atoms with Crippen LogP contribution in [0.3, 0.4) is 0 Å². The fourth-order valence-corrected chi connectivity index (χ4v) is 6.66. The van der Waals surface area contributed by atoms with Gasteiger partial charge in [0.15, 0.2) is 0 Å². The number of benzene rings is 3. The molecule has 1 amide bonds. The molecule has 0 spiro atoms. The molecule has 0 unspecified atom stereocenters. The molecule has 3 aromatic carbocycles. The van der Waals surface area contributed by atoms with Gasteiger partial charge in [0.25, 0.3) is 5.69 Å². The average Bonchev–Trinajstić information content (AvgIpc) is 3.22. The number of hydrogen-bond acceptors (Lipinski definition) is 5. The van der Waals surface area contributed by atoms with Crippen LogP contribution in [0.2, 0.25) is 0 Å². The number of carbonyl (C=O) groups excluding carboxylic acids is 1. The summed E-state index contributed by atoms with van der Waals surface area (Å²) in [5, 5.41) is 14.1. The first kappa shape index (κ1) is 23.2. The molecular formula is C26H25N3O5S. The molecule has 0 atom stereocenters. The van der Waals surface area contributed by atoms with Crippen LogP contribution in [0.5, 0.6) is 0 Å². The molecule has 0 saturated carbocycles. The highest BCUT2D eigenvalue weighted by molar-refractivity contribution is 7.89. The molecule has 1 N–H and O–H groups in total. The number of fused-ring (bicyclic) bond motifs is 3. The number of anilines is 1. The van der Waals surface area contributed by atoms with Crippen molar-refractivity contribution >= 4 is 27.3 Å². The van der Waals surface area contributed by atoms with E-state index in [1.54, 1.807) is 6.92 Å². The number of amides is 1. The van der Waals surface area contributed by atoms with Crippen LogP contribution < -0.4 is 5.32 Å². The Hall–Kier alpha value is -3.56. The lowest BCUT2D eigenvalue weighted by atomic mass is 9.97. The van der Waals surface area contributed by atoms with E-state index in [0.717, 1.165) is 18.2 Å². The van der Waals surface area contributed by atoms with Crippen molar-refractivity contribution in [1.82, 2.24) is 4.31 Å². The summed E-state index contributed by atoms with van der Waals surface area (Å²) >= 11 is 0. The number of nitro groups is 1. The Labute approximate surface area is 203 Å². The first-order valence-electron chi connectivity index (χ1n) is 11.5. The largest absolute Gasteiger partial charge is 0.326 e. The van der Waals surface area contributed by atoms with Crippen molar-refractivity contribution in [3.63, 3.8) is 0 Å². The van der Waals surface area contributed by atoms with Crippen LogP contribution in [0.4, 0.5) is 11.4 Å². The second-order valence-electron chi connectivity index (χ2n) is 9.08. The number of nitrogens with one attached hydrogen (secondary N) is 1. The highest BCUT2D eigenvalue weighted by Crippen LogP contribution is 2.38. The van der Waals surface area contributed by atoms with Gasteiger partial charge in [-0.1, -0.05) is 36.4 Å². The first-order chi connectivity index (χ1) is 16.7. The van der Waals surface area contributed by atoms with Crippen molar-refractivity contribution in [3.8, 4) is 11.1 Å². The van der Waals surface area contributed by atoms with Gasteiger partial charge in [-0.15, -0.1) is 0 Å². The molecule has 1 aliphatic carbocycles. The molecule has 0 bridgehead atoms. The zero-order valence-corrected chi connectivity index (χ0v) is 20.0. The Balaban J connectivity index is 1.24. The maximum Gasteiger partial charge on any atom is 0.270 e. The topological polar surface area (TPSA) is 110 Å². The highest BCUT2D eigenvalue weighted by Gasteiger charge is 2.33. The maximum atomic E-state index is 13.2. The quantitative estimate of drug-likeness (QED) is 0.326. The lowest BCUT2D eigenvalue weighted by molar-refractivity contribution is -0.385. The predicted molar refractivity (Wildman–Crippen MR) is 133 cm³/mol. The number of non-ortho nitro benzene ring substituents is 1. The van der Waals surface area contributed by atoms with Crippen molar-refractivity contribution in [3.05, 3.63) is 87.5 Å². The van der Waals surface area contributed by atoms with Crippen LogP contribution in [0, 0.1) is 23.0 Å². The molecule has 2 aliphatic rings. The van der Waals surface area contributed by atoms with Crippen molar-refractivity contribution in [2.75, 3.05) is 18.4 Å². The third kappa shape index (κ3) is 4.33. The number of sulfonamides is 1. The van der Waals surface area contributed by atoms with E-state index >= 15 is 0 Å². The predicted octanol–water partition coefficient (Wildman–Crippen LogP) is 4.51. The molecular weight excluding hydrogens is 466 g/mol. The van der Waals surface area contributed by atoms with E-state index in [9.17, 15) is 23.3 Å². The second-order valence-corrected chi connectivity index (χ2v) is 11.0. The van der Waals surface area contributed by atoms with E-state index < -0.39 is 14.9 Å². The van der Waals surface area contributed by atoms with Crippen LogP contribution in [0.1, 0.15) is 29.5 Å². The Bertz CT molecular complexity index is 1440. The fraction of sp³-hybridized carbons (Fsp3) is 0.269. The third-order valence-electron chi connectivity index (χ3n) is 6.89. The molecule has 1 heterocycles. The number of carbonyl (C=O) groups is 1. The van der Waals surface area contributed by atoms with Gasteiger partial charge in [-0.2, -0.15) is 4.31 Å². The maximum absolute atomic E-state index is 13.2. The van der Waals surface area contributed by atoms with Crippen molar-refractivity contribution in [1.29, 1.82) is 0 Å². The molecule has 1 fully saturated rings. The van der Waals surface area contributed by atoms with Gasteiger partial charge in [0.1, 0.15) is 0 Å². The minimum Gasteiger partial charge on any atom is -0.326 e. The smallest absolute Gasteiger partial charge is 0.270 e. The van der Waals surface area contributed by atoms with Gasteiger partial charge >= 0.3 is 0 Å². The van der Waals surface area contributed by atoms with Gasteiger partial charge in [0.2, 0.25) is 15.9 Å². The van der Waals surface area contributed by atoms with Crippen molar-refractivity contribution < 1.29 is 18.1 Å². The molecule has 35 heavy (non-hydrogen) atoms. The van der Waals surface area contributed by atoms with Crippen LogP contribution >= 0.6 is 0 Å². The summed E-state index contributed by atoms with van der Waals surface area (Å²) in [5.74, 6) is -0.429. The van der Waals surface area contributed by atoms with Crippen molar-refractivity contribution in [2.24, 2.45) is 5.92 Å². The Morgan fingerprint density at radius 1 is 1.00 bits per heavy atom. The van der Waals surface area contributed by atoms with Crippen LogP contribution in [-0.4, -0.2) is 36.6 Å². The summed E-state index contributed by atoms with van der Waals surface area (Å²) in [7, 11) is -3.89. The second kappa shape index (κ2) is 8.90. The summed E-state index contributed by atoms with van der Waals surface area (Å²) in [4.78, 5) is 23.4. The SMILES string of the molecule is Cc1ccc([N+](=O)[O-])cc1S(=O)(=O)N1CCC(C(=O)Nc2ccc3c(c2)Cc2ccccc2-3)CC1. The van der Waals surface area contributed by atoms with Gasteiger partial charge in [0.05, 0.1) is 9.82 Å². The van der Waals surface area contributed by atoms with Gasteiger partial charge in [-0.25, -0.2) is 8.42 Å². The molecule has 1 aliphatic heterocycles. The summed E-state index contributed by atoms with van der Waals surface area (Å²) in [6, 6.07) is 18.1. The van der Waals surface area contributed by atoms with Gasteiger partial charge < -0.3 is 5.32 Å². The minimum atomic E-state index is -3.89. The van der Waals surface area contributed by atoms with Crippen LogP contribution in [-0.2, 0) is 21.2 Å². The van der Waals surface area contributed by atoms with Crippen LogP contribution in [0.15, 0.2) is 65.6 Å². The molecule has 5 rings (SSSR count). The molecule has 0 aromatic heterocycles. The molecule has 0 radical (unpaired) electrons. The Morgan fingerprint density at radius 2 is 1.71 bits per heavy atom. The van der Waals surface area contributed by atoms with E-state index in [0.29, 0.717) is 18.4 Å². The summed E-state index contributed by atoms with van der Waals surface area (Å²) in [6.45, 7) is 1.98. The van der Waals surface area contributed by atoms with Crippen LogP contribution in [0.25, 0.3) is 11.1 Å². The van der Waals surface area contributed by atoms with E-state index in [4.69, 9.17) is 0 Å². The number of nitrogens with zero attached hydrogens (tertiary/aromatic N) is 2. The lowest BCUT2D eigenvalue weighted by Gasteiger charge is -2.31. The van der Waals surface area contributed by atoms with E-state index in [1.165, 1.54) is 38.7 Å².